The maximum absolute atomic E-state index is 12.9. The molecule has 4 heteroatoms. The Morgan fingerprint density at radius 2 is 2.11 bits per heavy atom. The van der Waals surface area contributed by atoms with Gasteiger partial charge in [-0.3, -0.25) is 4.79 Å². The highest BCUT2D eigenvalue weighted by Crippen LogP contribution is 2.30. The Morgan fingerprint density at radius 1 is 1.37 bits per heavy atom. The summed E-state index contributed by atoms with van der Waals surface area (Å²) >= 11 is 0. The van der Waals surface area contributed by atoms with Crippen LogP contribution in [0.1, 0.15) is 43.5 Å². The molecule has 0 spiro atoms. The summed E-state index contributed by atoms with van der Waals surface area (Å²) in [7, 11) is 0. The molecule has 2 N–H and O–H groups in total. The second-order valence-electron chi connectivity index (χ2n) is 5.51. The summed E-state index contributed by atoms with van der Waals surface area (Å²) in [6.07, 6.45) is 3.25. The van der Waals surface area contributed by atoms with E-state index in [1.807, 2.05) is 0 Å². The minimum Gasteiger partial charge on any atom is -0.507 e. The molecule has 1 saturated carbocycles. The van der Waals surface area contributed by atoms with Gasteiger partial charge in [0.15, 0.2) is 0 Å². The summed E-state index contributed by atoms with van der Waals surface area (Å²) in [4.78, 5) is 12.1. The first-order chi connectivity index (χ1) is 8.99. The van der Waals surface area contributed by atoms with Gasteiger partial charge in [0.2, 0.25) is 0 Å². The molecule has 104 valence electrons. The SMILES string of the molecule is CC1CCCC(NC(=O)c2ccc(F)cc2O)C1C. The zero-order valence-electron chi connectivity index (χ0n) is 11.3. The fraction of sp³-hybridized carbons (Fsp3) is 0.533. The van der Waals surface area contributed by atoms with Crippen molar-refractivity contribution in [1.82, 2.24) is 5.32 Å². The Balaban J connectivity index is 2.08. The van der Waals surface area contributed by atoms with Crippen LogP contribution in [-0.4, -0.2) is 17.1 Å². The van der Waals surface area contributed by atoms with Gasteiger partial charge < -0.3 is 10.4 Å². The number of phenols is 1. The molecule has 3 nitrogen and oxygen atoms in total. The molecule has 0 aliphatic heterocycles. The van der Waals surface area contributed by atoms with Crippen molar-refractivity contribution in [1.29, 1.82) is 0 Å². The van der Waals surface area contributed by atoms with Crippen LogP contribution in [0.4, 0.5) is 4.39 Å². The lowest BCUT2D eigenvalue weighted by molar-refractivity contribution is 0.0888. The third-order valence-corrected chi connectivity index (χ3v) is 4.23. The van der Waals surface area contributed by atoms with E-state index in [2.05, 4.69) is 19.2 Å². The number of phenolic OH excluding ortho intramolecular Hbond substituents is 1. The van der Waals surface area contributed by atoms with Crippen LogP contribution >= 0.6 is 0 Å². The van der Waals surface area contributed by atoms with Crippen molar-refractivity contribution in [2.75, 3.05) is 0 Å². The van der Waals surface area contributed by atoms with Crippen molar-refractivity contribution in [3.8, 4) is 5.75 Å². The van der Waals surface area contributed by atoms with Gasteiger partial charge in [0.25, 0.3) is 5.91 Å². The molecule has 2 rings (SSSR count). The van der Waals surface area contributed by atoms with Gasteiger partial charge in [0.05, 0.1) is 5.56 Å². The number of carbonyl (C=O) groups is 1. The summed E-state index contributed by atoms with van der Waals surface area (Å²) in [6, 6.07) is 3.58. The number of halogens is 1. The number of carbonyl (C=O) groups excluding carboxylic acids is 1. The van der Waals surface area contributed by atoms with E-state index in [9.17, 15) is 14.3 Å². The molecule has 0 radical (unpaired) electrons. The Hall–Kier alpha value is -1.58. The number of amides is 1. The highest BCUT2D eigenvalue weighted by molar-refractivity contribution is 5.96. The quantitative estimate of drug-likeness (QED) is 0.863. The standard InChI is InChI=1S/C15H20FNO2/c1-9-4-3-5-13(10(9)2)17-15(19)12-7-6-11(16)8-14(12)18/h6-10,13,18H,3-5H2,1-2H3,(H,17,19). The van der Waals surface area contributed by atoms with E-state index in [1.165, 1.54) is 18.6 Å². The van der Waals surface area contributed by atoms with Gasteiger partial charge in [0, 0.05) is 12.1 Å². The molecule has 1 aliphatic carbocycles. The monoisotopic (exact) mass is 265 g/mol. The minimum absolute atomic E-state index is 0.126. The van der Waals surface area contributed by atoms with Crippen LogP contribution in [0.2, 0.25) is 0 Å². The van der Waals surface area contributed by atoms with Crippen molar-refractivity contribution in [2.45, 2.75) is 39.2 Å². The molecule has 1 aliphatic rings. The maximum Gasteiger partial charge on any atom is 0.255 e. The van der Waals surface area contributed by atoms with E-state index in [0.29, 0.717) is 11.8 Å². The van der Waals surface area contributed by atoms with Crippen molar-refractivity contribution in [3.63, 3.8) is 0 Å². The van der Waals surface area contributed by atoms with E-state index < -0.39 is 5.82 Å². The Labute approximate surface area is 112 Å². The summed E-state index contributed by atoms with van der Waals surface area (Å²) in [5, 5.41) is 12.6. The smallest absolute Gasteiger partial charge is 0.255 e. The van der Waals surface area contributed by atoms with E-state index in [4.69, 9.17) is 0 Å². The van der Waals surface area contributed by atoms with Crippen molar-refractivity contribution >= 4 is 5.91 Å². The number of nitrogens with one attached hydrogen (secondary N) is 1. The molecule has 3 atom stereocenters. The molecule has 1 amide bonds. The van der Waals surface area contributed by atoms with Gasteiger partial charge in [-0.2, -0.15) is 0 Å². The number of aromatic hydroxyl groups is 1. The zero-order chi connectivity index (χ0) is 14.0. The van der Waals surface area contributed by atoms with Crippen LogP contribution in [0.25, 0.3) is 0 Å². The highest BCUT2D eigenvalue weighted by Gasteiger charge is 2.28. The topological polar surface area (TPSA) is 49.3 Å². The summed E-state index contributed by atoms with van der Waals surface area (Å²) in [5.41, 5.74) is 0.131. The highest BCUT2D eigenvalue weighted by atomic mass is 19.1. The molecular formula is C15H20FNO2. The summed E-state index contributed by atoms with van der Waals surface area (Å²) in [6.45, 7) is 4.33. The number of hydrogen-bond acceptors (Lipinski definition) is 2. The van der Waals surface area contributed by atoms with Crippen molar-refractivity contribution in [2.24, 2.45) is 11.8 Å². The average molecular weight is 265 g/mol. The fourth-order valence-corrected chi connectivity index (χ4v) is 2.73. The second kappa shape index (κ2) is 5.59. The van der Waals surface area contributed by atoms with Crippen LogP contribution in [0.3, 0.4) is 0 Å². The Morgan fingerprint density at radius 3 is 2.79 bits per heavy atom. The molecular weight excluding hydrogens is 245 g/mol. The van der Waals surface area contributed by atoms with E-state index in [0.717, 1.165) is 18.9 Å². The third-order valence-electron chi connectivity index (χ3n) is 4.23. The maximum atomic E-state index is 12.9. The van der Waals surface area contributed by atoms with E-state index in [-0.39, 0.29) is 23.3 Å². The molecule has 1 aromatic carbocycles. The Kier molecular flexibility index (Phi) is 4.08. The first-order valence-electron chi connectivity index (χ1n) is 6.78. The first kappa shape index (κ1) is 13.8. The van der Waals surface area contributed by atoms with Crippen LogP contribution in [0, 0.1) is 17.7 Å². The van der Waals surface area contributed by atoms with Gasteiger partial charge in [0.1, 0.15) is 11.6 Å². The van der Waals surface area contributed by atoms with Gasteiger partial charge in [-0.1, -0.05) is 26.7 Å². The normalized spacial score (nSPS) is 27.0. The van der Waals surface area contributed by atoms with E-state index in [1.54, 1.807) is 0 Å². The molecule has 0 bridgehead atoms. The first-order valence-corrected chi connectivity index (χ1v) is 6.78. The molecule has 0 saturated heterocycles. The number of benzene rings is 1. The van der Waals surface area contributed by atoms with Crippen LogP contribution in [-0.2, 0) is 0 Å². The predicted molar refractivity (Wildman–Crippen MR) is 71.5 cm³/mol. The lowest BCUT2D eigenvalue weighted by Crippen LogP contribution is -2.43. The molecule has 3 unspecified atom stereocenters. The molecule has 1 fully saturated rings. The van der Waals surface area contributed by atoms with Crippen LogP contribution in [0.5, 0.6) is 5.75 Å². The summed E-state index contributed by atoms with van der Waals surface area (Å²) in [5.74, 6) is -0.188. The fourth-order valence-electron chi connectivity index (χ4n) is 2.73. The zero-order valence-corrected chi connectivity index (χ0v) is 11.3. The molecule has 1 aromatic rings. The second-order valence-corrected chi connectivity index (χ2v) is 5.51. The third kappa shape index (κ3) is 3.06. The minimum atomic E-state index is -0.547. The number of rotatable bonds is 2. The van der Waals surface area contributed by atoms with Gasteiger partial charge >= 0.3 is 0 Å². The Bertz CT molecular complexity index is 475. The van der Waals surface area contributed by atoms with E-state index >= 15 is 0 Å². The molecule has 0 aromatic heterocycles. The average Bonchev–Trinajstić information content (AvgIpc) is 2.34. The summed E-state index contributed by atoms with van der Waals surface area (Å²) < 4.78 is 12.9. The van der Waals surface area contributed by atoms with Crippen LogP contribution < -0.4 is 5.32 Å². The lowest BCUT2D eigenvalue weighted by atomic mass is 9.78. The van der Waals surface area contributed by atoms with Gasteiger partial charge in [-0.05, 0) is 30.4 Å². The lowest BCUT2D eigenvalue weighted by Gasteiger charge is -2.34. The van der Waals surface area contributed by atoms with Gasteiger partial charge in [-0.15, -0.1) is 0 Å². The van der Waals surface area contributed by atoms with Crippen molar-refractivity contribution < 1.29 is 14.3 Å². The number of hydrogen-bond donors (Lipinski definition) is 2. The molecule has 0 heterocycles. The largest absolute Gasteiger partial charge is 0.507 e. The van der Waals surface area contributed by atoms with Crippen molar-refractivity contribution in [3.05, 3.63) is 29.6 Å². The van der Waals surface area contributed by atoms with Crippen LogP contribution in [0.15, 0.2) is 18.2 Å². The van der Waals surface area contributed by atoms with Gasteiger partial charge in [-0.25, -0.2) is 4.39 Å². The predicted octanol–water partition coefficient (Wildman–Crippen LogP) is 3.09. The molecule has 19 heavy (non-hydrogen) atoms.